The summed E-state index contributed by atoms with van der Waals surface area (Å²) < 4.78 is 10.1. The lowest BCUT2D eigenvalue weighted by molar-refractivity contribution is -0.144. The molecule has 0 aliphatic carbocycles. The number of hydrogen-bond donors (Lipinski definition) is 1. The van der Waals surface area contributed by atoms with E-state index in [0.717, 1.165) is 11.1 Å². The van der Waals surface area contributed by atoms with Crippen LogP contribution in [-0.4, -0.2) is 19.6 Å². The minimum absolute atomic E-state index is 0.203. The van der Waals surface area contributed by atoms with Crippen molar-refractivity contribution in [2.75, 3.05) is 13.7 Å². The zero-order valence-electron chi connectivity index (χ0n) is 9.96. The van der Waals surface area contributed by atoms with E-state index in [2.05, 4.69) is 0 Å². The minimum Gasteiger partial charge on any atom is -0.495 e. The minimum atomic E-state index is -0.307. The van der Waals surface area contributed by atoms with E-state index in [9.17, 15) is 4.79 Å². The predicted octanol–water partition coefficient (Wildman–Crippen LogP) is 2.05. The molecule has 1 aromatic rings. The maximum atomic E-state index is 11.2. The van der Waals surface area contributed by atoms with Gasteiger partial charge in [-0.15, -0.1) is 0 Å². The Morgan fingerprint density at radius 1 is 1.47 bits per heavy atom. The largest absolute Gasteiger partial charge is 0.495 e. The lowest BCUT2D eigenvalue weighted by Gasteiger charge is -2.10. The van der Waals surface area contributed by atoms with Crippen LogP contribution in [0.2, 0.25) is 5.02 Å². The molecule has 0 aliphatic heterocycles. The van der Waals surface area contributed by atoms with Gasteiger partial charge in [0.15, 0.2) is 0 Å². The number of rotatable bonds is 5. The van der Waals surface area contributed by atoms with Crippen molar-refractivity contribution in [3.8, 4) is 5.75 Å². The first kappa shape index (κ1) is 13.8. The Hall–Kier alpha value is -1.26. The highest BCUT2D eigenvalue weighted by Crippen LogP contribution is 2.28. The van der Waals surface area contributed by atoms with Gasteiger partial charge in [-0.25, -0.2) is 0 Å². The number of carbonyl (C=O) groups is 1. The molecule has 0 atom stereocenters. The molecule has 0 saturated heterocycles. The van der Waals surface area contributed by atoms with E-state index < -0.39 is 0 Å². The fourth-order valence-electron chi connectivity index (χ4n) is 1.36. The Morgan fingerprint density at radius 3 is 2.76 bits per heavy atom. The molecule has 4 nitrogen and oxygen atoms in total. The Labute approximate surface area is 106 Å². The number of benzene rings is 1. The molecule has 17 heavy (non-hydrogen) atoms. The van der Waals surface area contributed by atoms with Crippen LogP contribution >= 0.6 is 11.6 Å². The Kier molecular flexibility index (Phi) is 5.25. The molecule has 1 rings (SSSR count). The number of nitrogens with two attached hydrogens (primary N) is 1. The van der Waals surface area contributed by atoms with E-state index in [0.29, 0.717) is 17.3 Å². The number of aryl methyl sites for hydroxylation is 1. The van der Waals surface area contributed by atoms with Crippen molar-refractivity contribution < 1.29 is 14.3 Å². The van der Waals surface area contributed by atoms with Gasteiger partial charge in [-0.2, -0.15) is 0 Å². The molecule has 0 saturated carbocycles. The van der Waals surface area contributed by atoms with Gasteiger partial charge in [-0.3, -0.25) is 4.79 Å². The zero-order chi connectivity index (χ0) is 12.8. The van der Waals surface area contributed by atoms with Gasteiger partial charge in [0.1, 0.15) is 12.4 Å². The summed E-state index contributed by atoms with van der Waals surface area (Å²) in [6.45, 7) is 2.40. The molecule has 1 aromatic carbocycles. The average molecular weight is 258 g/mol. The van der Waals surface area contributed by atoms with Crippen LogP contribution in [0.15, 0.2) is 12.1 Å². The van der Waals surface area contributed by atoms with Crippen LogP contribution < -0.4 is 10.5 Å². The van der Waals surface area contributed by atoms with Gasteiger partial charge in [-0.1, -0.05) is 11.6 Å². The molecular formula is C12H16ClNO3. The monoisotopic (exact) mass is 257 g/mol. The second-order valence-corrected chi connectivity index (χ2v) is 4.02. The standard InChI is InChI=1S/C12H16ClNO3/c1-8-5-11(16-2)10(13)6-9(8)7-17-12(15)3-4-14/h5-6H,3-4,7,14H2,1-2H3. The van der Waals surface area contributed by atoms with Crippen molar-refractivity contribution in [2.45, 2.75) is 20.0 Å². The van der Waals surface area contributed by atoms with Crippen molar-refractivity contribution >= 4 is 17.6 Å². The lowest BCUT2D eigenvalue weighted by Crippen LogP contribution is -2.11. The Balaban J connectivity index is 2.72. The van der Waals surface area contributed by atoms with Crippen LogP contribution in [0.1, 0.15) is 17.5 Å². The first-order valence-electron chi connectivity index (χ1n) is 5.27. The summed E-state index contributed by atoms with van der Waals surface area (Å²) in [5, 5.41) is 0.503. The number of ether oxygens (including phenoxy) is 2. The molecule has 0 aliphatic rings. The van der Waals surface area contributed by atoms with Gasteiger partial charge in [0.05, 0.1) is 18.6 Å². The van der Waals surface area contributed by atoms with E-state index in [1.807, 2.05) is 13.0 Å². The van der Waals surface area contributed by atoms with Gasteiger partial charge in [-0.05, 0) is 30.2 Å². The quantitative estimate of drug-likeness (QED) is 0.820. The summed E-state index contributed by atoms with van der Waals surface area (Å²) in [6.07, 6.45) is 0.225. The topological polar surface area (TPSA) is 61.5 Å². The van der Waals surface area contributed by atoms with Gasteiger partial charge in [0, 0.05) is 6.54 Å². The van der Waals surface area contributed by atoms with E-state index in [4.69, 9.17) is 26.8 Å². The van der Waals surface area contributed by atoms with Gasteiger partial charge >= 0.3 is 5.97 Å². The summed E-state index contributed by atoms with van der Waals surface area (Å²) in [5.41, 5.74) is 7.08. The maximum absolute atomic E-state index is 11.2. The number of carbonyl (C=O) groups excluding carboxylic acids is 1. The number of hydrogen-bond acceptors (Lipinski definition) is 4. The van der Waals surface area contributed by atoms with Crippen molar-refractivity contribution in [1.82, 2.24) is 0 Å². The van der Waals surface area contributed by atoms with E-state index in [-0.39, 0.29) is 19.0 Å². The first-order valence-corrected chi connectivity index (χ1v) is 5.65. The summed E-state index contributed by atoms with van der Waals surface area (Å²) in [6, 6.07) is 3.56. The average Bonchev–Trinajstić information content (AvgIpc) is 2.30. The summed E-state index contributed by atoms with van der Waals surface area (Å²) in [5.74, 6) is 0.306. The van der Waals surface area contributed by atoms with E-state index in [1.54, 1.807) is 13.2 Å². The fourth-order valence-corrected chi connectivity index (χ4v) is 1.62. The fraction of sp³-hybridized carbons (Fsp3) is 0.417. The summed E-state index contributed by atoms with van der Waals surface area (Å²) in [7, 11) is 1.56. The predicted molar refractivity (Wildman–Crippen MR) is 66.2 cm³/mol. The third-order valence-electron chi connectivity index (χ3n) is 2.35. The normalized spacial score (nSPS) is 10.1. The molecule has 0 amide bonds. The van der Waals surface area contributed by atoms with Crippen molar-refractivity contribution in [3.05, 3.63) is 28.3 Å². The highest BCUT2D eigenvalue weighted by atomic mass is 35.5. The van der Waals surface area contributed by atoms with Crippen molar-refractivity contribution in [3.63, 3.8) is 0 Å². The van der Waals surface area contributed by atoms with Crippen LogP contribution in [0.25, 0.3) is 0 Å². The molecule has 0 aromatic heterocycles. The first-order chi connectivity index (χ1) is 8.08. The van der Waals surface area contributed by atoms with Crippen LogP contribution in [-0.2, 0) is 16.1 Å². The third kappa shape index (κ3) is 3.91. The van der Waals surface area contributed by atoms with Crippen LogP contribution in [0.4, 0.5) is 0 Å². The number of halogens is 1. The summed E-state index contributed by atoms with van der Waals surface area (Å²) in [4.78, 5) is 11.2. The van der Waals surface area contributed by atoms with Gasteiger partial charge < -0.3 is 15.2 Å². The van der Waals surface area contributed by atoms with Crippen LogP contribution in [0.5, 0.6) is 5.75 Å². The van der Waals surface area contributed by atoms with Crippen LogP contribution in [0.3, 0.4) is 0 Å². The highest BCUT2D eigenvalue weighted by Gasteiger charge is 2.08. The van der Waals surface area contributed by atoms with Gasteiger partial charge in [0.25, 0.3) is 0 Å². The molecule has 0 fully saturated rings. The Bertz CT molecular complexity index is 407. The van der Waals surface area contributed by atoms with Crippen molar-refractivity contribution in [2.24, 2.45) is 5.73 Å². The molecule has 0 spiro atoms. The second-order valence-electron chi connectivity index (χ2n) is 3.61. The van der Waals surface area contributed by atoms with Gasteiger partial charge in [0.2, 0.25) is 0 Å². The summed E-state index contributed by atoms with van der Waals surface area (Å²) >= 11 is 5.99. The third-order valence-corrected chi connectivity index (χ3v) is 2.64. The number of methoxy groups -OCH3 is 1. The lowest BCUT2D eigenvalue weighted by atomic mass is 10.1. The smallest absolute Gasteiger partial charge is 0.307 e. The zero-order valence-corrected chi connectivity index (χ0v) is 10.7. The molecular weight excluding hydrogens is 242 g/mol. The maximum Gasteiger partial charge on any atom is 0.307 e. The number of esters is 1. The van der Waals surface area contributed by atoms with Crippen LogP contribution in [0, 0.1) is 6.92 Å². The molecule has 0 unspecified atom stereocenters. The van der Waals surface area contributed by atoms with E-state index >= 15 is 0 Å². The Morgan fingerprint density at radius 2 is 2.18 bits per heavy atom. The molecule has 0 heterocycles. The molecule has 5 heteroatoms. The molecule has 0 bridgehead atoms. The molecule has 2 N–H and O–H groups in total. The SMILES string of the molecule is COc1cc(C)c(COC(=O)CCN)cc1Cl. The molecule has 94 valence electrons. The highest BCUT2D eigenvalue weighted by molar-refractivity contribution is 6.32. The second kappa shape index (κ2) is 6.47. The van der Waals surface area contributed by atoms with Crippen molar-refractivity contribution in [1.29, 1.82) is 0 Å². The molecule has 0 radical (unpaired) electrons. The van der Waals surface area contributed by atoms with E-state index in [1.165, 1.54) is 0 Å².